The van der Waals surface area contributed by atoms with E-state index in [2.05, 4.69) is 5.32 Å². The van der Waals surface area contributed by atoms with E-state index in [0.29, 0.717) is 0 Å². The molecule has 17 heavy (non-hydrogen) atoms. The van der Waals surface area contributed by atoms with E-state index in [1.807, 2.05) is 0 Å². The van der Waals surface area contributed by atoms with E-state index in [0.717, 1.165) is 24.5 Å². The van der Waals surface area contributed by atoms with Crippen LogP contribution in [0.2, 0.25) is 0 Å². The van der Waals surface area contributed by atoms with Gasteiger partial charge in [0.2, 0.25) is 0 Å². The number of alkyl halides is 2. The third kappa shape index (κ3) is 3.62. The molecule has 0 heterocycles. The second-order valence-electron chi connectivity index (χ2n) is 3.68. The number of rotatable bonds is 4. The Labute approximate surface area is 97.6 Å². The smallest absolute Gasteiger partial charge is 0.258 e. The number of nitrogens with one attached hydrogen (secondary N) is 1. The molecule has 0 radical (unpaired) electrons. The van der Waals surface area contributed by atoms with Crippen LogP contribution in [0.3, 0.4) is 0 Å². The predicted octanol–water partition coefficient (Wildman–Crippen LogP) is 2.29. The van der Waals surface area contributed by atoms with E-state index in [9.17, 15) is 21.6 Å². The lowest BCUT2D eigenvalue weighted by Crippen LogP contribution is -2.24. The van der Waals surface area contributed by atoms with E-state index in [1.165, 1.54) is 6.92 Å². The van der Waals surface area contributed by atoms with Crippen molar-refractivity contribution in [3.63, 3.8) is 0 Å². The molecule has 3 nitrogen and oxygen atoms in total. The first kappa shape index (κ1) is 13.8. The molecule has 0 spiro atoms. The maximum Gasteiger partial charge on any atom is 0.258 e. The second-order valence-corrected chi connectivity index (χ2v) is 5.70. The summed E-state index contributed by atoms with van der Waals surface area (Å²) in [7, 11) is -3.49. The van der Waals surface area contributed by atoms with Crippen LogP contribution in [0.25, 0.3) is 0 Å². The van der Waals surface area contributed by atoms with Crippen LogP contribution < -0.4 is 5.32 Å². The van der Waals surface area contributed by atoms with Gasteiger partial charge in [0.15, 0.2) is 9.84 Å². The Morgan fingerprint density at radius 2 is 1.88 bits per heavy atom. The van der Waals surface area contributed by atoms with E-state index >= 15 is 0 Å². The molecule has 0 saturated carbocycles. The van der Waals surface area contributed by atoms with Crippen molar-refractivity contribution >= 4 is 15.5 Å². The molecule has 1 N–H and O–H groups in total. The average Bonchev–Trinajstić information content (AvgIpc) is 2.19. The summed E-state index contributed by atoms with van der Waals surface area (Å²) in [6.45, 7) is 1.18. The van der Waals surface area contributed by atoms with Gasteiger partial charge in [-0.1, -0.05) is 0 Å². The zero-order valence-electron chi connectivity index (χ0n) is 9.25. The van der Waals surface area contributed by atoms with Crippen LogP contribution in [0.4, 0.5) is 18.9 Å². The lowest BCUT2D eigenvalue weighted by Gasteiger charge is -2.15. The van der Waals surface area contributed by atoms with Crippen molar-refractivity contribution < 1.29 is 21.6 Å². The van der Waals surface area contributed by atoms with Gasteiger partial charge in [0, 0.05) is 6.26 Å². The van der Waals surface area contributed by atoms with Crippen LogP contribution >= 0.6 is 0 Å². The number of halogens is 3. The molecule has 0 amide bonds. The zero-order chi connectivity index (χ0) is 13.2. The number of sulfone groups is 1. The molecule has 0 bridgehead atoms. The minimum atomic E-state index is -3.49. The molecule has 7 heteroatoms. The summed E-state index contributed by atoms with van der Waals surface area (Å²) >= 11 is 0. The normalized spacial score (nSPS) is 13.8. The van der Waals surface area contributed by atoms with Gasteiger partial charge in [0.25, 0.3) is 6.43 Å². The summed E-state index contributed by atoms with van der Waals surface area (Å²) in [6.07, 6.45) is -1.71. The van der Waals surface area contributed by atoms with Crippen molar-refractivity contribution in [1.82, 2.24) is 0 Å². The predicted molar refractivity (Wildman–Crippen MR) is 58.6 cm³/mol. The minimum absolute atomic E-state index is 0.122. The van der Waals surface area contributed by atoms with Gasteiger partial charge in [-0.05, 0) is 25.1 Å². The summed E-state index contributed by atoms with van der Waals surface area (Å²) in [4.78, 5) is -0.122. The average molecular weight is 267 g/mol. The topological polar surface area (TPSA) is 46.2 Å². The third-order valence-corrected chi connectivity index (χ3v) is 3.24. The molecule has 96 valence electrons. The summed E-state index contributed by atoms with van der Waals surface area (Å²) < 4.78 is 60.3. The molecular weight excluding hydrogens is 255 g/mol. The van der Waals surface area contributed by atoms with Gasteiger partial charge in [-0.2, -0.15) is 0 Å². The Morgan fingerprint density at radius 3 is 2.35 bits per heavy atom. The van der Waals surface area contributed by atoms with Crippen molar-refractivity contribution in [2.45, 2.75) is 24.3 Å². The Bertz CT molecular complexity index is 502. The Morgan fingerprint density at radius 1 is 1.29 bits per heavy atom. The fourth-order valence-corrected chi connectivity index (χ4v) is 1.80. The summed E-state index contributed by atoms with van der Waals surface area (Å²) in [6, 6.07) is 1.75. The summed E-state index contributed by atoms with van der Waals surface area (Å²) in [5.74, 6) is -0.773. The van der Waals surface area contributed by atoms with Gasteiger partial charge in [-0.25, -0.2) is 21.6 Å². The maximum atomic E-state index is 13.3. The molecule has 0 aliphatic heterocycles. The molecule has 0 fully saturated rings. The molecule has 1 atom stereocenters. The summed E-state index contributed by atoms with van der Waals surface area (Å²) in [5, 5.41) is 2.23. The molecule has 0 aliphatic carbocycles. The molecular formula is C10H12F3NO2S. The maximum absolute atomic E-state index is 13.3. The molecule has 0 aromatic heterocycles. The Hall–Kier alpha value is -1.24. The number of hydrogen-bond donors (Lipinski definition) is 1. The fraction of sp³-hybridized carbons (Fsp3) is 0.400. The number of benzene rings is 1. The van der Waals surface area contributed by atoms with Crippen molar-refractivity contribution in [1.29, 1.82) is 0 Å². The molecule has 1 rings (SSSR count). The highest BCUT2D eigenvalue weighted by molar-refractivity contribution is 7.90. The van der Waals surface area contributed by atoms with Crippen molar-refractivity contribution in [3.8, 4) is 0 Å². The second kappa shape index (κ2) is 4.95. The summed E-state index contributed by atoms with van der Waals surface area (Å²) in [5.41, 5.74) is -0.249. The van der Waals surface area contributed by atoms with E-state index in [1.54, 1.807) is 0 Å². The highest BCUT2D eigenvalue weighted by atomic mass is 32.2. The highest BCUT2D eigenvalue weighted by Gasteiger charge is 2.17. The molecule has 1 unspecified atom stereocenters. The first-order valence-corrected chi connectivity index (χ1v) is 6.65. The van der Waals surface area contributed by atoms with Crippen LogP contribution in [0, 0.1) is 5.82 Å². The number of anilines is 1. The highest BCUT2D eigenvalue weighted by Crippen LogP contribution is 2.21. The Balaban J connectivity index is 3.08. The molecule has 1 aromatic carbocycles. The van der Waals surface area contributed by atoms with Crippen LogP contribution in [-0.2, 0) is 9.84 Å². The third-order valence-electron chi connectivity index (χ3n) is 2.13. The van der Waals surface area contributed by atoms with E-state index in [4.69, 9.17) is 0 Å². The van der Waals surface area contributed by atoms with Crippen molar-refractivity contribution in [2.24, 2.45) is 0 Å². The van der Waals surface area contributed by atoms with E-state index < -0.39 is 28.1 Å². The van der Waals surface area contributed by atoms with Gasteiger partial charge in [-0.3, -0.25) is 0 Å². The quantitative estimate of drug-likeness (QED) is 0.851. The van der Waals surface area contributed by atoms with Gasteiger partial charge in [0.05, 0.1) is 16.6 Å². The SMILES string of the molecule is CC(Nc1cc(S(C)(=O)=O)ccc1F)C(F)F. The van der Waals surface area contributed by atoms with E-state index in [-0.39, 0.29) is 10.6 Å². The van der Waals surface area contributed by atoms with Gasteiger partial charge in [-0.15, -0.1) is 0 Å². The molecule has 1 aromatic rings. The van der Waals surface area contributed by atoms with Gasteiger partial charge >= 0.3 is 0 Å². The standard InChI is InChI=1S/C10H12F3NO2S/c1-6(10(12)13)14-9-5-7(17(2,15)16)3-4-8(9)11/h3-6,10,14H,1-2H3. The zero-order valence-corrected chi connectivity index (χ0v) is 10.1. The number of hydrogen-bond acceptors (Lipinski definition) is 3. The first-order valence-electron chi connectivity index (χ1n) is 4.76. The Kier molecular flexibility index (Phi) is 4.03. The monoisotopic (exact) mass is 267 g/mol. The van der Waals surface area contributed by atoms with Crippen LogP contribution in [0.5, 0.6) is 0 Å². The fourth-order valence-electron chi connectivity index (χ4n) is 1.15. The lowest BCUT2D eigenvalue weighted by molar-refractivity contribution is 0.130. The van der Waals surface area contributed by atoms with Crippen molar-refractivity contribution in [3.05, 3.63) is 24.0 Å². The first-order chi connectivity index (χ1) is 7.71. The molecule has 0 aliphatic rings. The van der Waals surface area contributed by atoms with Gasteiger partial charge < -0.3 is 5.32 Å². The molecule has 0 saturated heterocycles. The van der Waals surface area contributed by atoms with Crippen LogP contribution in [0.1, 0.15) is 6.92 Å². The minimum Gasteiger partial charge on any atom is -0.374 e. The van der Waals surface area contributed by atoms with Crippen molar-refractivity contribution in [2.75, 3.05) is 11.6 Å². The van der Waals surface area contributed by atoms with Crippen LogP contribution in [-0.4, -0.2) is 27.1 Å². The largest absolute Gasteiger partial charge is 0.374 e. The van der Waals surface area contributed by atoms with Crippen LogP contribution in [0.15, 0.2) is 23.1 Å². The lowest BCUT2D eigenvalue weighted by atomic mass is 10.2. The van der Waals surface area contributed by atoms with Gasteiger partial charge in [0.1, 0.15) is 5.82 Å².